The molecular weight excluding hydrogens is 360 g/mol. The predicted octanol–water partition coefficient (Wildman–Crippen LogP) is 3.17. The quantitative estimate of drug-likeness (QED) is 0.544. The molecule has 0 fully saturated rings. The third-order valence-corrected chi connectivity index (χ3v) is 4.02. The molecular formula is C17H22BrN2O3+. The zero-order valence-electron chi connectivity index (χ0n) is 13.2. The topological polar surface area (TPSA) is 72.7 Å². The van der Waals surface area contributed by atoms with Crippen LogP contribution >= 0.6 is 15.9 Å². The monoisotopic (exact) mass is 381 g/mol. The van der Waals surface area contributed by atoms with Gasteiger partial charge in [-0.3, -0.25) is 0 Å². The van der Waals surface area contributed by atoms with E-state index in [9.17, 15) is 4.79 Å². The van der Waals surface area contributed by atoms with Crippen LogP contribution in [0.25, 0.3) is 10.9 Å². The molecule has 0 saturated heterocycles. The smallest absolute Gasteiger partial charge is 0.346 e. The number of rotatable bonds is 8. The molecule has 2 rings (SSSR count). The van der Waals surface area contributed by atoms with E-state index in [0.29, 0.717) is 12.2 Å². The van der Waals surface area contributed by atoms with E-state index in [1.807, 2.05) is 18.2 Å². The van der Waals surface area contributed by atoms with E-state index in [-0.39, 0.29) is 12.6 Å². The molecule has 1 heterocycles. The number of unbranched alkanes of at least 4 members (excludes halogenated alkanes) is 2. The van der Waals surface area contributed by atoms with Crippen LogP contribution in [0.2, 0.25) is 0 Å². The van der Waals surface area contributed by atoms with Gasteiger partial charge in [0.1, 0.15) is 5.56 Å². The number of nitrogens with one attached hydrogen (secondary N) is 2. The normalized spacial score (nSPS) is 10.7. The van der Waals surface area contributed by atoms with Gasteiger partial charge in [-0.25, -0.2) is 9.78 Å². The van der Waals surface area contributed by atoms with Gasteiger partial charge in [-0.15, -0.1) is 0 Å². The van der Waals surface area contributed by atoms with Crippen LogP contribution in [0.1, 0.15) is 36.5 Å². The number of aliphatic hydroxyl groups is 1. The summed E-state index contributed by atoms with van der Waals surface area (Å²) < 4.78 is 6.10. The van der Waals surface area contributed by atoms with Crippen LogP contribution in [0.15, 0.2) is 28.9 Å². The zero-order valence-corrected chi connectivity index (χ0v) is 14.8. The van der Waals surface area contributed by atoms with Gasteiger partial charge in [-0.05, 0) is 38.3 Å². The highest BCUT2D eigenvalue weighted by molar-refractivity contribution is 9.10. The average molecular weight is 382 g/mol. The molecule has 124 valence electrons. The van der Waals surface area contributed by atoms with Gasteiger partial charge in [0.25, 0.3) is 0 Å². The van der Waals surface area contributed by atoms with Crippen LogP contribution in [0.5, 0.6) is 0 Å². The SMILES string of the molecule is CCOC(=O)c1c[nH+]c2ccc(Br)cc2c1NCCCCCO. The maximum absolute atomic E-state index is 12.2. The first-order chi connectivity index (χ1) is 11.2. The minimum atomic E-state index is -0.344. The number of aromatic nitrogens is 1. The lowest BCUT2D eigenvalue weighted by Gasteiger charge is -2.12. The van der Waals surface area contributed by atoms with Crippen LogP contribution in [0.3, 0.4) is 0 Å². The van der Waals surface area contributed by atoms with Gasteiger partial charge in [0.05, 0.1) is 17.7 Å². The minimum absolute atomic E-state index is 0.213. The van der Waals surface area contributed by atoms with E-state index in [0.717, 1.165) is 46.9 Å². The second-order valence-corrected chi connectivity index (χ2v) is 6.11. The molecule has 0 bridgehead atoms. The van der Waals surface area contributed by atoms with Crippen LogP contribution < -0.4 is 10.3 Å². The van der Waals surface area contributed by atoms with E-state index >= 15 is 0 Å². The molecule has 0 radical (unpaired) electrons. The molecule has 0 unspecified atom stereocenters. The van der Waals surface area contributed by atoms with E-state index in [2.05, 4.69) is 26.2 Å². The Kier molecular flexibility index (Phi) is 6.80. The number of halogens is 1. The Hall–Kier alpha value is -1.66. The van der Waals surface area contributed by atoms with Gasteiger partial charge in [-0.2, -0.15) is 0 Å². The highest BCUT2D eigenvalue weighted by Crippen LogP contribution is 2.27. The van der Waals surface area contributed by atoms with E-state index in [1.165, 1.54) is 0 Å². The van der Waals surface area contributed by atoms with Gasteiger partial charge in [0.15, 0.2) is 6.20 Å². The summed E-state index contributed by atoms with van der Waals surface area (Å²) in [4.78, 5) is 15.3. The van der Waals surface area contributed by atoms with E-state index < -0.39 is 0 Å². The maximum atomic E-state index is 12.2. The van der Waals surface area contributed by atoms with Gasteiger partial charge < -0.3 is 15.2 Å². The molecule has 2 aromatic rings. The number of aliphatic hydroxyl groups excluding tert-OH is 1. The number of H-pyrrole nitrogens is 1. The molecule has 1 aromatic heterocycles. The lowest BCUT2D eigenvalue weighted by Crippen LogP contribution is -2.16. The van der Waals surface area contributed by atoms with Crippen molar-refractivity contribution < 1.29 is 19.6 Å². The number of carbonyl (C=O) groups excluding carboxylic acids is 1. The molecule has 5 nitrogen and oxygen atoms in total. The molecule has 23 heavy (non-hydrogen) atoms. The van der Waals surface area contributed by atoms with E-state index in [4.69, 9.17) is 9.84 Å². The Labute approximate surface area is 144 Å². The Morgan fingerprint density at radius 1 is 1.35 bits per heavy atom. The van der Waals surface area contributed by atoms with Crippen molar-refractivity contribution in [3.8, 4) is 0 Å². The highest BCUT2D eigenvalue weighted by atomic mass is 79.9. The fraction of sp³-hybridized carbons (Fsp3) is 0.412. The molecule has 6 heteroatoms. The number of anilines is 1. The summed E-state index contributed by atoms with van der Waals surface area (Å²) in [6.45, 7) is 3.08. The lowest BCUT2D eigenvalue weighted by atomic mass is 10.1. The van der Waals surface area contributed by atoms with Crippen LogP contribution in [-0.4, -0.2) is 30.8 Å². The molecule has 0 saturated carbocycles. The largest absolute Gasteiger partial charge is 0.462 e. The van der Waals surface area contributed by atoms with Crippen LogP contribution in [-0.2, 0) is 4.74 Å². The van der Waals surface area contributed by atoms with Crippen molar-refractivity contribution in [1.82, 2.24) is 0 Å². The Balaban J connectivity index is 2.32. The van der Waals surface area contributed by atoms with Crippen molar-refractivity contribution in [2.75, 3.05) is 25.1 Å². The number of hydrogen-bond donors (Lipinski definition) is 2. The summed E-state index contributed by atoms with van der Waals surface area (Å²) in [6, 6.07) is 5.89. The van der Waals surface area contributed by atoms with E-state index in [1.54, 1.807) is 13.1 Å². The fourth-order valence-electron chi connectivity index (χ4n) is 2.40. The van der Waals surface area contributed by atoms with Crippen LogP contribution in [0, 0.1) is 0 Å². The fourth-order valence-corrected chi connectivity index (χ4v) is 2.76. The third-order valence-electron chi connectivity index (χ3n) is 3.52. The Morgan fingerprint density at radius 3 is 2.91 bits per heavy atom. The Morgan fingerprint density at radius 2 is 2.17 bits per heavy atom. The van der Waals surface area contributed by atoms with Crippen molar-refractivity contribution in [2.24, 2.45) is 0 Å². The number of benzene rings is 1. The summed E-state index contributed by atoms with van der Waals surface area (Å²) in [7, 11) is 0. The number of esters is 1. The lowest BCUT2D eigenvalue weighted by molar-refractivity contribution is -0.344. The molecule has 0 amide bonds. The third kappa shape index (κ3) is 4.65. The standard InChI is InChI=1S/C17H21BrN2O3/c1-2-23-17(22)14-11-20-15-7-6-12(18)10-13(15)16(14)19-8-4-3-5-9-21/h6-7,10-11,21H,2-5,8-9H2,1H3,(H,19,20)/p+1. The van der Waals surface area contributed by atoms with Gasteiger partial charge in [0.2, 0.25) is 5.52 Å². The molecule has 1 aromatic carbocycles. The molecule has 0 aliphatic carbocycles. The molecule has 3 N–H and O–H groups in total. The van der Waals surface area contributed by atoms with Crippen molar-refractivity contribution in [1.29, 1.82) is 0 Å². The maximum Gasteiger partial charge on any atom is 0.346 e. The molecule has 0 aliphatic heterocycles. The van der Waals surface area contributed by atoms with Gasteiger partial charge in [-0.1, -0.05) is 15.9 Å². The number of aromatic amines is 1. The number of fused-ring (bicyclic) bond motifs is 1. The second kappa shape index (κ2) is 8.84. The number of hydrogen-bond acceptors (Lipinski definition) is 4. The number of pyridine rings is 1. The molecule has 0 atom stereocenters. The second-order valence-electron chi connectivity index (χ2n) is 5.20. The zero-order chi connectivity index (χ0) is 16.7. The summed E-state index contributed by atoms with van der Waals surface area (Å²) in [5.74, 6) is -0.344. The number of carbonyl (C=O) groups is 1. The first-order valence-corrected chi connectivity index (χ1v) is 8.62. The van der Waals surface area contributed by atoms with Gasteiger partial charge >= 0.3 is 5.97 Å². The minimum Gasteiger partial charge on any atom is -0.462 e. The predicted molar refractivity (Wildman–Crippen MR) is 93.6 cm³/mol. The van der Waals surface area contributed by atoms with Crippen molar-refractivity contribution in [3.05, 3.63) is 34.4 Å². The molecule has 0 aliphatic rings. The highest BCUT2D eigenvalue weighted by Gasteiger charge is 2.20. The summed E-state index contributed by atoms with van der Waals surface area (Å²) in [5.41, 5.74) is 2.22. The first-order valence-electron chi connectivity index (χ1n) is 7.83. The summed E-state index contributed by atoms with van der Waals surface area (Å²) in [5, 5.41) is 13.1. The first kappa shape index (κ1) is 17.7. The summed E-state index contributed by atoms with van der Waals surface area (Å²) in [6.07, 6.45) is 4.35. The van der Waals surface area contributed by atoms with Crippen molar-refractivity contribution >= 4 is 38.5 Å². The van der Waals surface area contributed by atoms with Crippen molar-refractivity contribution in [3.63, 3.8) is 0 Å². The van der Waals surface area contributed by atoms with Gasteiger partial charge in [0, 0.05) is 23.7 Å². The summed E-state index contributed by atoms with van der Waals surface area (Å²) >= 11 is 3.48. The molecule has 0 spiro atoms. The number of ether oxygens (including phenoxy) is 1. The average Bonchev–Trinajstić information content (AvgIpc) is 2.54. The van der Waals surface area contributed by atoms with Crippen molar-refractivity contribution in [2.45, 2.75) is 26.2 Å². The van der Waals surface area contributed by atoms with Crippen LogP contribution in [0.4, 0.5) is 5.69 Å². The Bertz CT molecular complexity index is 676.